The van der Waals surface area contributed by atoms with Crippen molar-refractivity contribution in [2.24, 2.45) is 0 Å². The van der Waals surface area contributed by atoms with Crippen LogP contribution in [-0.4, -0.2) is 49.1 Å². The lowest BCUT2D eigenvalue weighted by Gasteiger charge is -2.24. The lowest BCUT2D eigenvalue weighted by molar-refractivity contribution is -0.119. The number of urea groups is 1. The monoisotopic (exact) mass is 516 g/mol. The third-order valence-electron chi connectivity index (χ3n) is 5.59. The Balaban J connectivity index is 1.49. The van der Waals surface area contributed by atoms with Gasteiger partial charge in [-0.05, 0) is 49.2 Å². The summed E-state index contributed by atoms with van der Waals surface area (Å²) in [6, 6.07) is 12.1. The van der Waals surface area contributed by atoms with Gasteiger partial charge in [-0.3, -0.25) is 10.1 Å². The van der Waals surface area contributed by atoms with Gasteiger partial charge in [0.05, 0.1) is 9.92 Å². The van der Waals surface area contributed by atoms with E-state index < -0.39 is 33.6 Å². The normalized spacial score (nSPS) is 15.6. The molecule has 4 rings (SSSR count). The predicted molar refractivity (Wildman–Crippen MR) is 132 cm³/mol. The molecule has 35 heavy (non-hydrogen) atoms. The Morgan fingerprint density at radius 3 is 2.54 bits per heavy atom. The first-order valence-electron chi connectivity index (χ1n) is 10.7. The van der Waals surface area contributed by atoms with E-state index in [2.05, 4.69) is 15.6 Å². The van der Waals surface area contributed by atoms with Crippen LogP contribution in [0.2, 0.25) is 5.02 Å². The molecule has 0 radical (unpaired) electrons. The number of amides is 3. The van der Waals surface area contributed by atoms with Crippen molar-refractivity contribution in [2.45, 2.75) is 23.8 Å². The van der Waals surface area contributed by atoms with Crippen LogP contribution in [0.25, 0.3) is 11.1 Å². The van der Waals surface area contributed by atoms with Crippen LogP contribution in [0.1, 0.15) is 12.8 Å². The molecule has 0 spiro atoms. The van der Waals surface area contributed by atoms with Crippen molar-refractivity contribution in [1.29, 1.82) is 0 Å². The van der Waals surface area contributed by atoms with Gasteiger partial charge in [0.2, 0.25) is 5.91 Å². The third-order valence-corrected chi connectivity index (χ3v) is 6.97. The number of nitrogens with zero attached hydrogens (tertiary/aromatic N) is 2. The summed E-state index contributed by atoms with van der Waals surface area (Å²) in [5.41, 5.74) is 0.529. The Bertz CT molecular complexity index is 1380. The zero-order valence-corrected chi connectivity index (χ0v) is 20.2. The fourth-order valence-electron chi connectivity index (χ4n) is 3.96. The van der Waals surface area contributed by atoms with Crippen LogP contribution in [0.5, 0.6) is 0 Å². The number of likely N-dealkylation sites (tertiary alicyclic amines) is 1. The van der Waals surface area contributed by atoms with Crippen molar-refractivity contribution in [3.8, 4) is 11.1 Å². The smallest absolute Gasteiger partial charge is 0.323 e. The van der Waals surface area contributed by atoms with Crippen molar-refractivity contribution < 1.29 is 22.4 Å². The number of carbonyl (C=O) groups excluding carboxylic acids is 2. The highest BCUT2D eigenvalue weighted by atomic mass is 35.5. The molecule has 1 atom stereocenters. The molecule has 1 unspecified atom stereocenters. The number of rotatable bonds is 5. The highest BCUT2D eigenvalue weighted by Gasteiger charge is 2.34. The van der Waals surface area contributed by atoms with E-state index in [9.17, 15) is 22.4 Å². The molecule has 1 aliphatic rings. The second kappa shape index (κ2) is 10.0. The molecule has 1 fully saturated rings. The molecular formula is C24H22ClFN4O4S. The average Bonchev–Trinajstić information content (AvgIpc) is 3.31. The Labute approximate surface area is 207 Å². The lowest BCUT2D eigenvalue weighted by Crippen LogP contribution is -2.45. The van der Waals surface area contributed by atoms with E-state index >= 15 is 0 Å². The summed E-state index contributed by atoms with van der Waals surface area (Å²) in [5.74, 6) is -0.836. The van der Waals surface area contributed by atoms with Crippen LogP contribution in [0, 0.1) is 5.82 Å². The average molecular weight is 517 g/mol. The summed E-state index contributed by atoms with van der Waals surface area (Å²) in [6.07, 6.45) is 3.55. The summed E-state index contributed by atoms with van der Waals surface area (Å²) in [4.78, 5) is 31.0. The van der Waals surface area contributed by atoms with Crippen molar-refractivity contribution >= 4 is 44.9 Å². The number of nitrogens with one attached hydrogen (secondary N) is 2. The summed E-state index contributed by atoms with van der Waals surface area (Å²) < 4.78 is 39.1. The van der Waals surface area contributed by atoms with Crippen LogP contribution in [0.4, 0.5) is 20.7 Å². The first-order chi connectivity index (χ1) is 16.6. The molecule has 2 aromatic carbocycles. The number of aromatic nitrogens is 1. The highest BCUT2D eigenvalue weighted by Crippen LogP contribution is 2.31. The Morgan fingerprint density at radius 1 is 1.09 bits per heavy atom. The second-order valence-corrected chi connectivity index (χ2v) is 10.5. The Morgan fingerprint density at radius 2 is 1.86 bits per heavy atom. The molecule has 2 heterocycles. The van der Waals surface area contributed by atoms with E-state index in [1.807, 2.05) is 0 Å². The molecule has 1 aliphatic heterocycles. The molecule has 11 heteroatoms. The van der Waals surface area contributed by atoms with E-state index in [4.69, 9.17) is 11.6 Å². The van der Waals surface area contributed by atoms with Gasteiger partial charge in [-0.15, -0.1) is 0 Å². The van der Waals surface area contributed by atoms with Gasteiger partial charge in [0, 0.05) is 35.8 Å². The van der Waals surface area contributed by atoms with Gasteiger partial charge in [0.1, 0.15) is 17.7 Å². The molecule has 1 aromatic heterocycles. The SMILES string of the molecule is CS(=O)(=O)c1ccccc1-c1ccc(NC(=O)C2CCCN2C(=O)Nc2ccc(Cl)cn2)cc1F. The minimum atomic E-state index is -3.57. The molecule has 3 aromatic rings. The molecule has 0 aliphatic carbocycles. The molecule has 3 amide bonds. The van der Waals surface area contributed by atoms with Crippen molar-refractivity contribution in [2.75, 3.05) is 23.4 Å². The zero-order valence-electron chi connectivity index (χ0n) is 18.7. The van der Waals surface area contributed by atoms with Crippen molar-refractivity contribution in [3.63, 3.8) is 0 Å². The van der Waals surface area contributed by atoms with E-state index in [1.54, 1.807) is 24.3 Å². The Hall–Kier alpha value is -3.50. The summed E-state index contributed by atoms with van der Waals surface area (Å²) in [5, 5.41) is 5.72. The van der Waals surface area contributed by atoms with Crippen LogP contribution >= 0.6 is 11.6 Å². The van der Waals surface area contributed by atoms with Crippen molar-refractivity contribution in [1.82, 2.24) is 9.88 Å². The largest absolute Gasteiger partial charge is 0.324 e. The fraction of sp³-hybridized carbons (Fsp3) is 0.208. The van der Waals surface area contributed by atoms with E-state index in [0.29, 0.717) is 30.2 Å². The second-order valence-electron chi connectivity index (χ2n) is 8.10. The number of pyridine rings is 1. The number of sulfone groups is 1. The maximum atomic E-state index is 15.0. The number of halogens is 2. The molecule has 1 saturated heterocycles. The first kappa shape index (κ1) is 24.6. The highest BCUT2D eigenvalue weighted by molar-refractivity contribution is 7.90. The number of hydrogen-bond acceptors (Lipinski definition) is 5. The maximum Gasteiger partial charge on any atom is 0.323 e. The van der Waals surface area contributed by atoms with Crippen LogP contribution in [-0.2, 0) is 14.6 Å². The summed E-state index contributed by atoms with van der Waals surface area (Å²) in [6.45, 7) is 0.382. The van der Waals surface area contributed by atoms with Gasteiger partial charge < -0.3 is 10.2 Å². The number of carbonyl (C=O) groups is 2. The van der Waals surface area contributed by atoms with E-state index in [-0.39, 0.29) is 21.7 Å². The van der Waals surface area contributed by atoms with Gasteiger partial charge >= 0.3 is 6.03 Å². The van der Waals surface area contributed by atoms with Gasteiger partial charge in [-0.2, -0.15) is 0 Å². The predicted octanol–water partition coefficient (Wildman–Crippen LogP) is 4.58. The third kappa shape index (κ3) is 5.60. The van der Waals surface area contributed by atoms with E-state index in [0.717, 1.165) is 12.3 Å². The van der Waals surface area contributed by atoms with Gasteiger partial charge in [-0.1, -0.05) is 29.8 Å². The summed E-state index contributed by atoms with van der Waals surface area (Å²) >= 11 is 5.81. The zero-order chi connectivity index (χ0) is 25.2. The lowest BCUT2D eigenvalue weighted by atomic mass is 10.0. The Kier molecular flexibility index (Phi) is 7.04. The number of anilines is 2. The molecule has 8 nitrogen and oxygen atoms in total. The van der Waals surface area contributed by atoms with Crippen LogP contribution in [0.3, 0.4) is 0 Å². The standard InChI is InChI=1S/C24H22ClFN4O4S/c1-35(33,34)21-7-3-2-5-18(21)17-10-9-16(13-19(17)26)28-23(31)20-6-4-12-30(20)24(32)29-22-11-8-15(25)14-27-22/h2-3,5,7-11,13-14,20H,4,6,12H2,1H3,(H,28,31)(H,27,29,32). The minimum absolute atomic E-state index is 0.0125. The molecular weight excluding hydrogens is 495 g/mol. The molecule has 2 N–H and O–H groups in total. The van der Waals surface area contributed by atoms with Crippen LogP contribution < -0.4 is 10.6 Å². The quantitative estimate of drug-likeness (QED) is 0.516. The van der Waals surface area contributed by atoms with E-state index in [1.165, 1.54) is 35.4 Å². The molecule has 0 saturated carbocycles. The molecule has 182 valence electrons. The topological polar surface area (TPSA) is 108 Å². The number of benzene rings is 2. The molecule has 0 bridgehead atoms. The van der Waals surface area contributed by atoms with Gasteiger partial charge in [0.15, 0.2) is 9.84 Å². The van der Waals surface area contributed by atoms with Crippen LogP contribution in [0.15, 0.2) is 65.7 Å². The fourth-order valence-corrected chi connectivity index (χ4v) is 4.98. The summed E-state index contributed by atoms with van der Waals surface area (Å²) in [7, 11) is -3.57. The number of hydrogen-bond donors (Lipinski definition) is 2. The minimum Gasteiger partial charge on any atom is -0.324 e. The first-order valence-corrected chi connectivity index (χ1v) is 13.0. The van der Waals surface area contributed by atoms with Gasteiger partial charge in [0.25, 0.3) is 0 Å². The van der Waals surface area contributed by atoms with Crippen molar-refractivity contribution in [3.05, 3.63) is 71.6 Å². The maximum absolute atomic E-state index is 15.0. The van der Waals surface area contributed by atoms with Gasteiger partial charge in [-0.25, -0.2) is 22.6 Å².